The molecule has 74 valence electrons. The van der Waals surface area contributed by atoms with Crippen molar-refractivity contribution in [2.24, 2.45) is 0 Å². The summed E-state index contributed by atoms with van der Waals surface area (Å²) < 4.78 is 1.04. The topological polar surface area (TPSA) is 29.1 Å². The summed E-state index contributed by atoms with van der Waals surface area (Å²) in [4.78, 5) is 11.5. The van der Waals surface area contributed by atoms with E-state index in [2.05, 4.69) is 21.2 Å². The van der Waals surface area contributed by atoms with E-state index in [1.807, 2.05) is 25.1 Å². The number of Topliss-reactive ketones (excluding diaryl/α,β-unsaturated/α-hetero) is 1. The van der Waals surface area contributed by atoms with Crippen LogP contribution in [-0.2, 0) is 11.2 Å². The van der Waals surface area contributed by atoms with Gasteiger partial charge in [0.05, 0.1) is 5.69 Å². The number of para-hydroxylation sites is 1. The lowest BCUT2D eigenvalue weighted by atomic mass is 10.1. The number of ketones is 1. The van der Waals surface area contributed by atoms with E-state index in [9.17, 15) is 4.79 Å². The largest absolute Gasteiger partial charge is 0.381 e. The molecule has 0 aliphatic carbocycles. The molecule has 0 unspecified atom stereocenters. The van der Waals surface area contributed by atoms with Gasteiger partial charge in [-0.25, -0.2) is 0 Å². The Balaban J connectivity index is 2.46. The number of fused-ring (bicyclic) bond motifs is 1. The van der Waals surface area contributed by atoms with Gasteiger partial charge in [0, 0.05) is 23.4 Å². The molecule has 2 nitrogen and oxygen atoms in total. The summed E-state index contributed by atoms with van der Waals surface area (Å²) in [7, 11) is 0. The van der Waals surface area contributed by atoms with Crippen LogP contribution in [0.15, 0.2) is 22.7 Å². The van der Waals surface area contributed by atoms with Gasteiger partial charge in [-0.3, -0.25) is 4.79 Å². The monoisotopic (exact) mass is 253 g/mol. The Labute approximate surface area is 91.8 Å². The molecule has 0 fully saturated rings. The fraction of sp³-hybridized carbons (Fsp3) is 0.364. The van der Waals surface area contributed by atoms with Crippen molar-refractivity contribution < 1.29 is 4.79 Å². The fourth-order valence-electron chi connectivity index (χ4n) is 1.80. The molecule has 0 radical (unpaired) electrons. The van der Waals surface area contributed by atoms with Crippen LogP contribution in [0.25, 0.3) is 0 Å². The van der Waals surface area contributed by atoms with Crippen molar-refractivity contribution >= 4 is 27.4 Å². The maximum absolute atomic E-state index is 11.5. The summed E-state index contributed by atoms with van der Waals surface area (Å²) in [6.45, 7) is 2.03. The Bertz CT molecular complexity index is 376. The van der Waals surface area contributed by atoms with E-state index in [1.165, 1.54) is 0 Å². The number of anilines is 1. The van der Waals surface area contributed by atoms with Crippen LogP contribution in [0.5, 0.6) is 0 Å². The standard InChI is InChI=1S/C11H12BrNO/c1-7-5-9(14)6-8-3-2-4-10(12)11(8)13-7/h2-4,7,13H,5-6H2,1H3/t7-/m1/s1. The van der Waals surface area contributed by atoms with E-state index in [1.54, 1.807) is 0 Å². The highest BCUT2D eigenvalue weighted by Gasteiger charge is 2.19. The van der Waals surface area contributed by atoms with E-state index in [0.29, 0.717) is 18.6 Å². The van der Waals surface area contributed by atoms with Gasteiger partial charge in [-0.15, -0.1) is 0 Å². The van der Waals surface area contributed by atoms with Crippen LogP contribution in [0.2, 0.25) is 0 Å². The maximum Gasteiger partial charge on any atom is 0.139 e. The van der Waals surface area contributed by atoms with Crippen molar-refractivity contribution in [1.29, 1.82) is 0 Å². The number of hydrogen-bond acceptors (Lipinski definition) is 2. The zero-order valence-electron chi connectivity index (χ0n) is 8.01. The Morgan fingerprint density at radius 1 is 1.50 bits per heavy atom. The highest BCUT2D eigenvalue weighted by Crippen LogP contribution is 2.30. The van der Waals surface area contributed by atoms with Crippen LogP contribution >= 0.6 is 15.9 Å². The first-order chi connectivity index (χ1) is 6.66. The minimum Gasteiger partial charge on any atom is -0.381 e. The molecule has 0 amide bonds. The third kappa shape index (κ3) is 1.82. The number of hydrogen-bond donors (Lipinski definition) is 1. The predicted molar refractivity (Wildman–Crippen MR) is 60.6 cm³/mol. The number of carbonyl (C=O) groups excluding carboxylic acids is 1. The summed E-state index contributed by atoms with van der Waals surface area (Å²) in [5.41, 5.74) is 2.17. The second kappa shape index (κ2) is 3.73. The molecule has 1 N–H and O–H groups in total. The zero-order chi connectivity index (χ0) is 10.1. The summed E-state index contributed by atoms with van der Waals surface area (Å²) in [6, 6.07) is 6.19. The molecule has 1 heterocycles. The molecular formula is C11H12BrNO. The predicted octanol–water partition coefficient (Wildman–Crippen LogP) is 2.76. The lowest BCUT2D eigenvalue weighted by Crippen LogP contribution is -2.16. The third-order valence-electron chi connectivity index (χ3n) is 2.41. The quantitative estimate of drug-likeness (QED) is 0.771. The minimum absolute atomic E-state index is 0.224. The van der Waals surface area contributed by atoms with Gasteiger partial charge in [0.1, 0.15) is 5.78 Å². The Morgan fingerprint density at radius 3 is 3.07 bits per heavy atom. The average Bonchev–Trinajstić information content (AvgIpc) is 2.23. The van der Waals surface area contributed by atoms with E-state index >= 15 is 0 Å². The van der Waals surface area contributed by atoms with Gasteiger partial charge in [-0.05, 0) is 34.5 Å². The van der Waals surface area contributed by atoms with E-state index in [-0.39, 0.29) is 6.04 Å². The van der Waals surface area contributed by atoms with Gasteiger partial charge in [0.15, 0.2) is 0 Å². The van der Waals surface area contributed by atoms with Crippen LogP contribution in [-0.4, -0.2) is 11.8 Å². The van der Waals surface area contributed by atoms with E-state index in [0.717, 1.165) is 15.7 Å². The van der Waals surface area contributed by atoms with Crippen molar-refractivity contribution in [2.45, 2.75) is 25.8 Å². The molecule has 0 aromatic heterocycles. The lowest BCUT2D eigenvalue weighted by Gasteiger charge is -2.13. The summed E-state index contributed by atoms with van der Waals surface area (Å²) in [6.07, 6.45) is 1.16. The van der Waals surface area contributed by atoms with Gasteiger partial charge in [0.25, 0.3) is 0 Å². The summed E-state index contributed by atoms with van der Waals surface area (Å²) in [5, 5.41) is 3.35. The summed E-state index contributed by atoms with van der Waals surface area (Å²) in [5.74, 6) is 0.307. The Hall–Kier alpha value is -0.830. The molecular weight excluding hydrogens is 242 g/mol. The number of rotatable bonds is 0. The molecule has 2 rings (SSSR count). The van der Waals surface area contributed by atoms with Gasteiger partial charge in [-0.2, -0.15) is 0 Å². The van der Waals surface area contributed by atoms with Crippen LogP contribution in [0, 0.1) is 0 Å². The first-order valence-electron chi connectivity index (χ1n) is 4.72. The third-order valence-corrected chi connectivity index (χ3v) is 3.07. The molecule has 0 saturated heterocycles. The van der Waals surface area contributed by atoms with Crippen LogP contribution in [0.3, 0.4) is 0 Å². The van der Waals surface area contributed by atoms with E-state index in [4.69, 9.17) is 0 Å². The van der Waals surface area contributed by atoms with Crippen molar-refractivity contribution in [3.8, 4) is 0 Å². The molecule has 0 bridgehead atoms. The van der Waals surface area contributed by atoms with Gasteiger partial charge >= 0.3 is 0 Å². The number of benzene rings is 1. The Kier molecular flexibility index (Phi) is 2.59. The maximum atomic E-state index is 11.5. The number of carbonyl (C=O) groups is 1. The van der Waals surface area contributed by atoms with Gasteiger partial charge in [-0.1, -0.05) is 12.1 Å². The molecule has 0 saturated carbocycles. The van der Waals surface area contributed by atoms with Crippen molar-refractivity contribution in [1.82, 2.24) is 0 Å². The highest BCUT2D eigenvalue weighted by atomic mass is 79.9. The number of nitrogens with one attached hydrogen (secondary N) is 1. The second-order valence-electron chi connectivity index (χ2n) is 3.74. The smallest absolute Gasteiger partial charge is 0.139 e. The van der Waals surface area contributed by atoms with Crippen molar-refractivity contribution in [3.63, 3.8) is 0 Å². The molecule has 3 heteroatoms. The molecule has 1 aliphatic heterocycles. The Morgan fingerprint density at radius 2 is 2.29 bits per heavy atom. The second-order valence-corrected chi connectivity index (χ2v) is 4.59. The minimum atomic E-state index is 0.224. The van der Waals surface area contributed by atoms with Gasteiger partial charge < -0.3 is 5.32 Å². The molecule has 1 aliphatic rings. The van der Waals surface area contributed by atoms with E-state index < -0.39 is 0 Å². The lowest BCUT2D eigenvalue weighted by molar-refractivity contribution is -0.118. The van der Waals surface area contributed by atoms with Crippen molar-refractivity contribution in [3.05, 3.63) is 28.2 Å². The number of halogens is 1. The van der Waals surface area contributed by atoms with Crippen LogP contribution in [0.4, 0.5) is 5.69 Å². The molecule has 1 atom stereocenters. The zero-order valence-corrected chi connectivity index (χ0v) is 9.60. The molecule has 1 aromatic rings. The molecule has 1 aromatic carbocycles. The molecule has 14 heavy (non-hydrogen) atoms. The SMILES string of the molecule is C[C@@H]1CC(=O)Cc2cccc(Br)c2N1. The molecule has 0 spiro atoms. The van der Waals surface area contributed by atoms with Crippen LogP contribution < -0.4 is 5.32 Å². The first kappa shape index (κ1) is 9.71. The normalized spacial score (nSPS) is 21.0. The fourth-order valence-corrected chi connectivity index (χ4v) is 2.32. The highest BCUT2D eigenvalue weighted by molar-refractivity contribution is 9.10. The summed E-state index contributed by atoms with van der Waals surface area (Å²) >= 11 is 3.49. The van der Waals surface area contributed by atoms with Crippen LogP contribution in [0.1, 0.15) is 18.9 Å². The first-order valence-corrected chi connectivity index (χ1v) is 5.52. The van der Waals surface area contributed by atoms with Gasteiger partial charge in [0.2, 0.25) is 0 Å². The van der Waals surface area contributed by atoms with Crippen molar-refractivity contribution in [2.75, 3.05) is 5.32 Å². The average molecular weight is 254 g/mol.